The zero-order chi connectivity index (χ0) is 20.8. The van der Waals surface area contributed by atoms with Crippen molar-refractivity contribution in [3.05, 3.63) is 35.6 Å². The summed E-state index contributed by atoms with van der Waals surface area (Å²) in [5.41, 5.74) is 6.69. The van der Waals surface area contributed by atoms with Gasteiger partial charge in [-0.25, -0.2) is 9.18 Å². The van der Waals surface area contributed by atoms with Crippen molar-refractivity contribution in [2.75, 3.05) is 23.7 Å². The topological polar surface area (TPSA) is 147 Å². The number of carbonyl (C=O) groups excluding carboxylic acids is 1. The maximum atomic E-state index is 13.8. The predicted molar refractivity (Wildman–Crippen MR) is 103 cm³/mol. The summed E-state index contributed by atoms with van der Waals surface area (Å²) in [7, 11) is 0. The Balaban J connectivity index is 3.91. The molecular weight excluding hydrogens is 493 g/mol. The second-order valence-corrected chi connectivity index (χ2v) is 7.38. The summed E-state index contributed by atoms with van der Waals surface area (Å²) in [4.78, 5) is 37.7. The average molecular weight is 513 g/mol. The van der Waals surface area contributed by atoms with E-state index in [1.54, 1.807) is 0 Å². The predicted octanol–water partition coefficient (Wildman–Crippen LogP) is 0.855. The Morgan fingerprint density at radius 2 is 1.70 bits per heavy atom. The highest BCUT2D eigenvalue weighted by Crippen LogP contribution is 2.39. The molecule has 150 valence electrons. The van der Waals surface area contributed by atoms with Crippen LogP contribution in [-0.4, -0.2) is 62.2 Å². The minimum atomic E-state index is -2.64. The van der Waals surface area contributed by atoms with Crippen LogP contribution in [-0.2, 0) is 19.9 Å². The van der Waals surface area contributed by atoms with Gasteiger partial charge in [0.2, 0.25) is 5.54 Å². The third-order valence-electron chi connectivity index (χ3n) is 4.26. The van der Waals surface area contributed by atoms with E-state index >= 15 is 0 Å². The van der Waals surface area contributed by atoms with Crippen LogP contribution in [0.3, 0.4) is 0 Å². The molecule has 0 bridgehead atoms. The molecule has 1 amide bonds. The van der Waals surface area contributed by atoms with Gasteiger partial charge in [0.15, 0.2) is 0 Å². The van der Waals surface area contributed by atoms with E-state index in [0.29, 0.717) is 0 Å². The molecule has 11 heteroatoms. The van der Waals surface area contributed by atoms with Gasteiger partial charge in [-0.1, -0.05) is 44.0 Å². The van der Waals surface area contributed by atoms with Crippen molar-refractivity contribution >= 4 is 49.7 Å². The Morgan fingerprint density at radius 3 is 2.07 bits per heavy atom. The Kier molecular flexibility index (Phi) is 8.33. The lowest BCUT2D eigenvalue weighted by molar-refractivity contribution is -0.165. The van der Waals surface area contributed by atoms with Crippen LogP contribution in [0.1, 0.15) is 12.0 Å². The average Bonchev–Trinajstić information content (AvgIpc) is 2.54. The monoisotopic (exact) mass is 511 g/mol. The van der Waals surface area contributed by atoms with Gasteiger partial charge in [-0.05, 0) is 17.7 Å². The van der Waals surface area contributed by atoms with Crippen molar-refractivity contribution in [3.8, 4) is 0 Å². The molecule has 1 aromatic rings. The van der Waals surface area contributed by atoms with Gasteiger partial charge in [-0.2, -0.15) is 0 Å². The number of primary amides is 1. The van der Waals surface area contributed by atoms with E-state index in [0.717, 1.165) is 12.1 Å². The van der Waals surface area contributed by atoms with Gasteiger partial charge in [0.1, 0.15) is 5.82 Å². The number of nitrogens with zero attached hydrogens (tertiary/aromatic N) is 1. The molecule has 0 aliphatic heterocycles. The van der Waals surface area contributed by atoms with Gasteiger partial charge in [0, 0.05) is 23.7 Å². The van der Waals surface area contributed by atoms with Crippen LogP contribution in [0.4, 0.5) is 4.39 Å². The van der Waals surface area contributed by atoms with E-state index in [-0.39, 0.29) is 29.3 Å². The smallest absolute Gasteiger partial charge is 0.336 e. The lowest BCUT2D eigenvalue weighted by Crippen LogP contribution is -2.77. The molecule has 1 rings (SSSR count). The molecular formula is C16H20Br2FN3O5. The lowest BCUT2D eigenvalue weighted by Gasteiger charge is -2.49. The quantitative estimate of drug-likeness (QED) is 0.254. The Bertz CT molecular complexity index is 701. The molecule has 0 saturated heterocycles. The number of carboxylic acid groups (broad SMARTS) is 2. The van der Waals surface area contributed by atoms with Gasteiger partial charge < -0.3 is 21.7 Å². The lowest BCUT2D eigenvalue weighted by atomic mass is 9.68. The van der Waals surface area contributed by atoms with Crippen molar-refractivity contribution in [1.82, 2.24) is 4.90 Å². The number of carboxylic acids is 2. The van der Waals surface area contributed by atoms with Crippen molar-refractivity contribution in [1.29, 1.82) is 0 Å². The Morgan fingerprint density at radius 1 is 1.15 bits per heavy atom. The second-order valence-electron chi connectivity index (χ2n) is 5.80. The summed E-state index contributed by atoms with van der Waals surface area (Å²) in [5.74, 6) is -5.29. The number of carbonyl (C=O) groups is 3. The summed E-state index contributed by atoms with van der Waals surface area (Å²) in [5, 5.41) is 20.0. The number of halogens is 3. The Labute approximate surface area is 171 Å². The molecule has 27 heavy (non-hydrogen) atoms. The number of amides is 1. The van der Waals surface area contributed by atoms with Gasteiger partial charge in [-0.3, -0.25) is 14.5 Å². The van der Waals surface area contributed by atoms with E-state index in [4.69, 9.17) is 11.5 Å². The highest BCUT2D eigenvalue weighted by molar-refractivity contribution is 9.09. The SMILES string of the molecule is NC(=O)[C@](C(=O)O)(N(CCBr)CCBr)C(N)(CC(=O)O)c1cccc(F)c1. The maximum absolute atomic E-state index is 13.8. The highest BCUT2D eigenvalue weighted by Gasteiger charge is 2.64. The van der Waals surface area contributed by atoms with Crippen molar-refractivity contribution in [2.24, 2.45) is 11.5 Å². The molecule has 8 nitrogen and oxygen atoms in total. The minimum absolute atomic E-state index is 0.0225. The summed E-state index contributed by atoms with van der Waals surface area (Å²) in [6.45, 7) is 0.0451. The fraction of sp³-hybridized carbons (Fsp3) is 0.438. The second kappa shape index (κ2) is 9.58. The first-order valence-corrected chi connectivity index (χ1v) is 9.99. The number of nitrogens with two attached hydrogens (primary N) is 2. The fourth-order valence-corrected chi connectivity index (χ4v) is 4.04. The van der Waals surface area contributed by atoms with Gasteiger partial charge >= 0.3 is 11.9 Å². The number of hydrogen-bond acceptors (Lipinski definition) is 5. The van der Waals surface area contributed by atoms with Crippen LogP contribution in [0.5, 0.6) is 0 Å². The molecule has 1 aromatic carbocycles. The minimum Gasteiger partial charge on any atom is -0.481 e. The summed E-state index contributed by atoms with van der Waals surface area (Å²) < 4.78 is 13.8. The van der Waals surface area contributed by atoms with Crippen LogP contribution in [0, 0.1) is 5.82 Å². The third kappa shape index (κ3) is 4.48. The van der Waals surface area contributed by atoms with Crippen LogP contribution < -0.4 is 11.5 Å². The molecule has 0 aliphatic rings. The Hall–Kier alpha value is -1.56. The normalized spacial score (nSPS) is 15.7. The van der Waals surface area contributed by atoms with E-state index < -0.39 is 41.2 Å². The van der Waals surface area contributed by atoms with Gasteiger partial charge in [0.25, 0.3) is 5.91 Å². The van der Waals surface area contributed by atoms with Crippen LogP contribution in [0.25, 0.3) is 0 Å². The molecule has 2 atom stereocenters. The fourth-order valence-electron chi connectivity index (χ4n) is 3.18. The first-order chi connectivity index (χ1) is 12.6. The molecule has 0 heterocycles. The number of hydrogen-bond donors (Lipinski definition) is 4. The zero-order valence-corrected chi connectivity index (χ0v) is 17.4. The van der Waals surface area contributed by atoms with E-state index in [9.17, 15) is 29.0 Å². The summed E-state index contributed by atoms with van der Waals surface area (Å²) >= 11 is 6.35. The van der Waals surface area contributed by atoms with E-state index in [2.05, 4.69) is 31.9 Å². The van der Waals surface area contributed by atoms with E-state index in [1.807, 2.05) is 0 Å². The highest BCUT2D eigenvalue weighted by atomic mass is 79.9. The first-order valence-electron chi connectivity index (χ1n) is 7.74. The number of rotatable bonds is 11. The molecule has 0 aromatic heterocycles. The standard InChI is InChI=1S/C16H20Br2FN3O5/c17-4-6-22(7-5-18)16(13(20)25,14(26)27)15(21,9-12(23)24)10-2-1-3-11(19)8-10/h1-3,8H,4-7,9,21H2,(H2,20,25)(H,23,24)(H,26,27)/t15?,16-/m1/s1. The van der Waals surface area contributed by atoms with Crippen molar-refractivity contribution in [3.63, 3.8) is 0 Å². The number of aliphatic carboxylic acids is 2. The van der Waals surface area contributed by atoms with Crippen molar-refractivity contribution < 1.29 is 29.0 Å². The molecule has 6 N–H and O–H groups in total. The molecule has 0 fully saturated rings. The van der Waals surface area contributed by atoms with Crippen LogP contribution in [0.2, 0.25) is 0 Å². The molecule has 1 unspecified atom stereocenters. The van der Waals surface area contributed by atoms with Gasteiger partial charge in [-0.15, -0.1) is 0 Å². The largest absolute Gasteiger partial charge is 0.481 e. The molecule has 0 spiro atoms. The molecule has 0 aliphatic carbocycles. The third-order valence-corrected chi connectivity index (χ3v) is 4.97. The van der Waals surface area contributed by atoms with Crippen LogP contribution >= 0.6 is 31.9 Å². The van der Waals surface area contributed by atoms with Crippen molar-refractivity contribution in [2.45, 2.75) is 17.5 Å². The number of alkyl halides is 2. The number of benzene rings is 1. The zero-order valence-electron chi connectivity index (χ0n) is 14.2. The molecule has 0 saturated carbocycles. The summed E-state index contributed by atoms with van der Waals surface area (Å²) in [6, 6.07) is 4.52. The first kappa shape index (κ1) is 23.5. The van der Waals surface area contributed by atoms with Crippen LogP contribution in [0.15, 0.2) is 24.3 Å². The van der Waals surface area contributed by atoms with Gasteiger partial charge in [0.05, 0.1) is 12.0 Å². The van der Waals surface area contributed by atoms with E-state index in [1.165, 1.54) is 17.0 Å². The summed E-state index contributed by atoms with van der Waals surface area (Å²) in [6.07, 6.45) is -0.966. The maximum Gasteiger partial charge on any atom is 0.336 e. The molecule has 0 radical (unpaired) electrons.